The molecule has 0 amide bonds. The summed E-state index contributed by atoms with van der Waals surface area (Å²) in [6, 6.07) is 10.9. The second-order valence-corrected chi connectivity index (χ2v) is 10.0. The molecule has 1 heterocycles. The van der Waals surface area contributed by atoms with E-state index >= 15 is 0 Å². The maximum Gasteiger partial charge on any atom is 0.261 e. The van der Waals surface area contributed by atoms with E-state index in [2.05, 4.69) is 4.72 Å². The van der Waals surface area contributed by atoms with Crippen molar-refractivity contribution >= 4 is 25.7 Å². The Kier molecular flexibility index (Phi) is 5.57. The van der Waals surface area contributed by atoms with Gasteiger partial charge in [0.15, 0.2) is 0 Å². The highest BCUT2D eigenvalue weighted by Gasteiger charge is 2.27. The summed E-state index contributed by atoms with van der Waals surface area (Å²) in [6.45, 7) is 4.84. The van der Waals surface area contributed by atoms with Crippen LogP contribution in [0.1, 0.15) is 11.1 Å². The van der Waals surface area contributed by atoms with Crippen LogP contribution >= 0.6 is 0 Å². The van der Waals surface area contributed by atoms with Crippen LogP contribution in [0.3, 0.4) is 0 Å². The normalized spacial score (nSPS) is 16.2. The zero-order valence-corrected chi connectivity index (χ0v) is 16.8. The van der Waals surface area contributed by atoms with Crippen molar-refractivity contribution in [2.75, 3.05) is 31.0 Å². The molecular formula is C18H22N2O5S2. The van der Waals surface area contributed by atoms with Crippen molar-refractivity contribution in [3.63, 3.8) is 0 Å². The second-order valence-electron chi connectivity index (χ2n) is 6.41. The molecule has 1 fully saturated rings. The SMILES string of the molecule is Cc1ccc(S(=O)(=O)Nc2cc(S(=O)(=O)N3CCOCC3)ccc2C)cc1. The molecule has 9 heteroatoms. The standard InChI is InChI=1S/C18H22N2O5S2/c1-14-3-6-16(7-4-14)26(21,22)19-18-13-17(8-5-15(18)2)27(23,24)20-9-11-25-12-10-20/h3-8,13,19H,9-12H2,1-2H3. The smallest absolute Gasteiger partial charge is 0.261 e. The first kappa shape index (κ1) is 19.8. The van der Waals surface area contributed by atoms with E-state index in [1.54, 1.807) is 25.1 Å². The average Bonchev–Trinajstić information content (AvgIpc) is 2.64. The number of ether oxygens (including phenoxy) is 1. The van der Waals surface area contributed by atoms with Crippen molar-refractivity contribution in [1.82, 2.24) is 4.31 Å². The van der Waals surface area contributed by atoms with Gasteiger partial charge < -0.3 is 4.74 Å². The highest BCUT2D eigenvalue weighted by molar-refractivity contribution is 7.92. The van der Waals surface area contributed by atoms with Gasteiger partial charge in [-0.05, 0) is 43.7 Å². The Labute approximate surface area is 160 Å². The number of anilines is 1. The van der Waals surface area contributed by atoms with Crippen molar-refractivity contribution in [3.8, 4) is 0 Å². The third-order valence-corrected chi connectivity index (χ3v) is 7.67. The van der Waals surface area contributed by atoms with E-state index in [1.807, 2.05) is 6.92 Å². The number of nitrogens with zero attached hydrogens (tertiary/aromatic N) is 1. The number of aryl methyl sites for hydroxylation is 2. The summed E-state index contributed by atoms with van der Waals surface area (Å²) in [7, 11) is -7.53. The Morgan fingerprint density at radius 3 is 2.11 bits per heavy atom. The fourth-order valence-electron chi connectivity index (χ4n) is 2.73. The number of sulfonamides is 2. The molecule has 1 N–H and O–H groups in total. The Balaban J connectivity index is 1.92. The molecule has 1 aliphatic rings. The van der Waals surface area contributed by atoms with Crippen LogP contribution in [0.2, 0.25) is 0 Å². The first-order valence-electron chi connectivity index (χ1n) is 8.48. The molecule has 2 aromatic rings. The second kappa shape index (κ2) is 7.59. The van der Waals surface area contributed by atoms with Gasteiger partial charge in [0.1, 0.15) is 0 Å². The molecule has 0 saturated carbocycles. The summed E-state index contributed by atoms with van der Waals surface area (Å²) in [5.74, 6) is 0. The lowest BCUT2D eigenvalue weighted by Crippen LogP contribution is -2.40. The molecule has 0 spiro atoms. The molecule has 3 rings (SSSR count). The predicted molar refractivity (Wildman–Crippen MR) is 103 cm³/mol. The van der Waals surface area contributed by atoms with Crippen molar-refractivity contribution in [3.05, 3.63) is 53.6 Å². The van der Waals surface area contributed by atoms with Crippen molar-refractivity contribution < 1.29 is 21.6 Å². The molecule has 2 aromatic carbocycles. The summed E-state index contributed by atoms with van der Waals surface area (Å²) in [4.78, 5) is 0.172. The van der Waals surface area contributed by atoms with E-state index in [0.717, 1.165) is 5.56 Å². The van der Waals surface area contributed by atoms with Crippen LogP contribution in [0.25, 0.3) is 0 Å². The van der Waals surface area contributed by atoms with Crippen LogP contribution in [-0.2, 0) is 24.8 Å². The number of hydrogen-bond acceptors (Lipinski definition) is 5. The van der Waals surface area contributed by atoms with Gasteiger partial charge in [-0.2, -0.15) is 4.31 Å². The van der Waals surface area contributed by atoms with Crippen LogP contribution < -0.4 is 4.72 Å². The average molecular weight is 411 g/mol. The van der Waals surface area contributed by atoms with E-state index < -0.39 is 20.0 Å². The largest absolute Gasteiger partial charge is 0.379 e. The van der Waals surface area contributed by atoms with Crippen molar-refractivity contribution in [2.24, 2.45) is 0 Å². The third-order valence-electron chi connectivity index (χ3n) is 4.39. The third kappa shape index (κ3) is 4.32. The van der Waals surface area contributed by atoms with Crippen LogP contribution in [-0.4, -0.2) is 47.4 Å². The molecule has 146 valence electrons. The topological polar surface area (TPSA) is 92.8 Å². The van der Waals surface area contributed by atoms with Crippen LogP contribution in [0, 0.1) is 13.8 Å². The first-order valence-corrected chi connectivity index (χ1v) is 11.4. The highest BCUT2D eigenvalue weighted by atomic mass is 32.2. The number of nitrogens with one attached hydrogen (secondary N) is 1. The number of hydrogen-bond donors (Lipinski definition) is 1. The monoisotopic (exact) mass is 410 g/mol. The van der Waals surface area contributed by atoms with Gasteiger partial charge in [-0.25, -0.2) is 16.8 Å². The van der Waals surface area contributed by atoms with Gasteiger partial charge in [0.25, 0.3) is 10.0 Å². The lowest BCUT2D eigenvalue weighted by Gasteiger charge is -2.26. The minimum absolute atomic E-state index is 0.0524. The summed E-state index contributed by atoms with van der Waals surface area (Å²) < 4.78 is 60.0. The predicted octanol–water partition coefficient (Wildman–Crippen LogP) is 2.13. The molecular weight excluding hydrogens is 388 g/mol. The van der Waals surface area contributed by atoms with Crippen LogP contribution in [0.5, 0.6) is 0 Å². The fourth-order valence-corrected chi connectivity index (χ4v) is 5.29. The summed E-state index contributed by atoms with van der Waals surface area (Å²) >= 11 is 0. The Morgan fingerprint density at radius 1 is 0.889 bits per heavy atom. The maximum absolute atomic E-state index is 12.8. The maximum atomic E-state index is 12.8. The first-order chi connectivity index (χ1) is 12.7. The summed E-state index contributed by atoms with van der Waals surface area (Å²) in [5, 5.41) is 0. The Morgan fingerprint density at radius 2 is 1.48 bits per heavy atom. The van der Waals surface area contributed by atoms with Gasteiger partial charge in [-0.1, -0.05) is 23.8 Å². The van der Waals surface area contributed by atoms with Gasteiger partial charge in [-0.15, -0.1) is 0 Å². The van der Waals surface area contributed by atoms with Gasteiger partial charge in [0.2, 0.25) is 10.0 Å². The molecule has 0 aliphatic carbocycles. The van der Waals surface area contributed by atoms with E-state index in [4.69, 9.17) is 4.74 Å². The minimum atomic E-state index is -3.82. The molecule has 0 atom stereocenters. The lowest BCUT2D eigenvalue weighted by molar-refractivity contribution is 0.0730. The Hall–Kier alpha value is -1.94. The van der Waals surface area contributed by atoms with E-state index in [9.17, 15) is 16.8 Å². The molecule has 0 radical (unpaired) electrons. The van der Waals surface area contributed by atoms with Crippen LogP contribution in [0.4, 0.5) is 5.69 Å². The van der Waals surface area contributed by atoms with Gasteiger partial charge >= 0.3 is 0 Å². The number of rotatable bonds is 5. The van der Waals surface area contributed by atoms with E-state index in [1.165, 1.54) is 28.6 Å². The number of morpholine rings is 1. The van der Waals surface area contributed by atoms with Gasteiger partial charge in [0, 0.05) is 13.1 Å². The Bertz CT molecular complexity index is 1030. The molecule has 7 nitrogen and oxygen atoms in total. The molecule has 1 aliphatic heterocycles. The molecule has 0 bridgehead atoms. The lowest BCUT2D eigenvalue weighted by atomic mass is 10.2. The molecule has 27 heavy (non-hydrogen) atoms. The molecule has 0 unspecified atom stereocenters. The van der Waals surface area contributed by atoms with Crippen molar-refractivity contribution in [2.45, 2.75) is 23.6 Å². The number of benzene rings is 2. The molecule has 0 aromatic heterocycles. The summed E-state index contributed by atoms with van der Waals surface area (Å²) in [5.41, 5.74) is 1.82. The minimum Gasteiger partial charge on any atom is -0.379 e. The zero-order chi connectivity index (χ0) is 19.7. The summed E-state index contributed by atoms with van der Waals surface area (Å²) in [6.07, 6.45) is 0. The van der Waals surface area contributed by atoms with Crippen molar-refractivity contribution in [1.29, 1.82) is 0 Å². The fraction of sp³-hybridized carbons (Fsp3) is 0.333. The van der Waals surface area contributed by atoms with E-state index in [-0.39, 0.29) is 28.6 Å². The van der Waals surface area contributed by atoms with Crippen LogP contribution in [0.15, 0.2) is 52.3 Å². The van der Waals surface area contributed by atoms with Gasteiger partial charge in [0.05, 0.1) is 28.7 Å². The van der Waals surface area contributed by atoms with E-state index in [0.29, 0.717) is 18.8 Å². The molecule has 1 saturated heterocycles. The quantitative estimate of drug-likeness (QED) is 0.815. The highest BCUT2D eigenvalue weighted by Crippen LogP contribution is 2.26. The zero-order valence-electron chi connectivity index (χ0n) is 15.2. The van der Waals surface area contributed by atoms with Gasteiger partial charge in [-0.3, -0.25) is 4.72 Å².